The first-order valence-corrected chi connectivity index (χ1v) is 10.0. The van der Waals surface area contributed by atoms with E-state index in [0.717, 1.165) is 6.42 Å². The van der Waals surface area contributed by atoms with E-state index in [9.17, 15) is 27.9 Å². The first kappa shape index (κ1) is 20.8. The number of rotatable bonds is 4. The Kier molecular flexibility index (Phi) is 5.85. The minimum Gasteiger partial charge on any atom is -0.374 e. The number of hydrogen-bond acceptors (Lipinski definition) is 5. The molecule has 156 valence electrons. The molecule has 28 heavy (non-hydrogen) atoms. The molecule has 2 aliphatic rings. The predicted octanol–water partition coefficient (Wildman–Crippen LogP) is 2.00. The van der Waals surface area contributed by atoms with E-state index in [1.165, 1.54) is 17.2 Å². The smallest absolute Gasteiger partial charge is 0.374 e. The van der Waals surface area contributed by atoms with Crippen LogP contribution in [0.1, 0.15) is 36.4 Å². The molecule has 2 fully saturated rings. The van der Waals surface area contributed by atoms with Gasteiger partial charge in [-0.3, -0.25) is 4.79 Å². The number of hydrogen-bond donors (Lipinski definition) is 2. The lowest BCUT2D eigenvalue weighted by Crippen LogP contribution is -2.55. The highest BCUT2D eigenvalue weighted by molar-refractivity contribution is 7.09. The van der Waals surface area contributed by atoms with Crippen LogP contribution in [0.15, 0.2) is 5.38 Å². The number of piperidine rings is 1. The van der Waals surface area contributed by atoms with Crippen molar-refractivity contribution in [3.05, 3.63) is 16.1 Å². The summed E-state index contributed by atoms with van der Waals surface area (Å²) in [7, 11) is 0. The fraction of sp³-hybridized carbons (Fsp3) is 0.706. The van der Waals surface area contributed by atoms with Crippen LogP contribution >= 0.6 is 11.3 Å². The molecule has 7 nitrogen and oxygen atoms in total. The predicted molar refractivity (Wildman–Crippen MR) is 95.7 cm³/mol. The maximum Gasteiger partial charge on any atom is 0.424 e. The number of alkyl halides is 3. The number of aryl methyl sites for hydroxylation is 1. The van der Waals surface area contributed by atoms with Crippen LogP contribution in [0, 0.1) is 6.92 Å². The molecule has 0 spiro atoms. The molecule has 11 heteroatoms. The van der Waals surface area contributed by atoms with Gasteiger partial charge in [-0.2, -0.15) is 13.2 Å². The standard InChI is InChI=1S/C17H23F3N4O3S/c1-11-10-28-14(22-11)16(27,17(18,19)20)9-13(25)23-7-3-12(4-8-23)24-6-2-5-21-15(24)26/h10,12,27H,2-9H2,1H3,(H,21,26). The molecule has 1 aromatic heterocycles. The van der Waals surface area contributed by atoms with Crippen LogP contribution in [0.4, 0.5) is 18.0 Å². The molecule has 2 N–H and O–H groups in total. The second kappa shape index (κ2) is 7.86. The van der Waals surface area contributed by atoms with E-state index in [0.29, 0.717) is 43.0 Å². The number of nitrogens with one attached hydrogen (secondary N) is 1. The summed E-state index contributed by atoms with van der Waals surface area (Å²) in [4.78, 5) is 31.3. The van der Waals surface area contributed by atoms with E-state index in [4.69, 9.17) is 0 Å². The number of aromatic nitrogens is 1. The number of nitrogens with zero attached hydrogens (tertiary/aromatic N) is 3. The highest BCUT2D eigenvalue weighted by Crippen LogP contribution is 2.43. The van der Waals surface area contributed by atoms with E-state index < -0.39 is 29.1 Å². The lowest BCUT2D eigenvalue weighted by atomic mass is 9.96. The van der Waals surface area contributed by atoms with Gasteiger partial charge in [-0.15, -0.1) is 11.3 Å². The van der Waals surface area contributed by atoms with Crippen LogP contribution in [0.3, 0.4) is 0 Å². The van der Waals surface area contributed by atoms with Gasteiger partial charge in [0.1, 0.15) is 5.01 Å². The van der Waals surface area contributed by atoms with Gasteiger partial charge in [0.2, 0.25) is 11.5 Å². The fourth-order valence-electron chi connectivity index (χ4n) is 3.59. The van der Waals surface area contributed by atoms with Gasteiger partial charge in [-0.25, -0.2) is 9.78 Å². The maximum absolute atomic E-state index is 13.6. The molecule has 0 saturated carbocycles. The van der Waals surface area contributed by atoms with Gasteiger partial charge in [0, 0.05) is 43.3 Å². The molecule has 1 aromatic rings. The lowest BCUT2D eigenvalue weighted by molar-refractivity contribution is -0.268. The zero-order valence-corrected chi connectivity index (χ0v) is 16.3. The zero-order chi connectivity index (χ0) is 20.5. The number of aliphatic hydroxyl groups is 1. The zero-order valence-electron chi connectivity index (χ0n) is 15.5. The summed E-state index contributed by atoms with van der Waals surface area (Å²) in [6.07, 6.45) is -4.27. The number of carbonyl (C=O) groups excluding carboxylic acids is 2. The molecule has 3 heterocycles. The molecule has 0 radical (unpaired) electrons. The van der Waals surface area contributed by atoms with Gasteiger partial charge in [0.15, 0.2) is 0 Å². The Bertz CT molecular complexity index is 733. The molecule has 2 aliphatic heterocycles. The van der Waals surface area contributed by atoms with E-state index in [-0.39, 0.29) is 25.2 Å². The minimum absolute atomic E-state index is 0.0348. The average molecular weight is 420 g/mol. The third kappa shape index (κ3) is 4.09. The van der Waals surface area contributed by atoms with Gasteiger partial charge in [-0.1, -0.05) is 0 Å². The van der Waals surface area contributed by atoms with Crippen LogP contribution < -0.4 is 5.32 Å². The second-order valence-corrected chi connectivity index (χ2v) is 8.08. The van der Waals surface area contributed by atoms with Crippen LogP contribution in [0.5, 0.6) is 0 Å². The quantitative estimate of drug-likeness (QED) is 0.780. The normalized spacial score (nSPS) is 21.4. The highest BCUT2D eigenvalue weighted by Gasteiger charge is 2.58. The van der Waals surface area contributed by atoms with Crippen molar-refractivity contribution in [2.75, 3.05) is 26.2 Å². The Hall–Kier alpha value is -1.88. The van der Waals surface area contributed by atoms with Crippen molar-refractivity contribution < 1.29 is 27.9 Å². The van der Waals surface area contributed by atoms with Gasteiger partial charge < -0.3 is 20.2 Å². The minimum atomic E-state index is -5.02. The third-order valence-corrected chi connectivity index (χ3v) is 6.33. The van der Waals surface area contributed by atoms with Crippen LogP contribution in [-0.4, -0.2) is 70.2 Å². The summed E-state index contributed by atoms with van der Waals surface area (Å²) in [5.41, 5.74) is -2.94. The van der Waals surface area contributed by atoms with Crippen LogP contribution in [0.25, 0.3) is 0 Å². The number of halogens is 3. The monoisotopic (exact) mass is 420 g/mol. The van der Waals surface area contributed by atoms with Crippen molar-refractivity contribution in [3.63, 3.8) is 0 Å². The number of likely N-dealkylation sites (tertiary alicyclic amines) is 1. The Morgan fingerprint density at radius 3 is 2.57 bits per heavy atom. The van der Waals surface area contributed by atoms with Crippen LogP contribution in [-0.2, 0) is 10.4 Å². The second-order valence-electron chi connectivity index (χ2n) is 7.22. The summed E-state index contributed by atoms with van der Waals surface area (Å²) >= 11 is 0.688. The Balaban J connectivity index is 1.65. The Labute approximate surface area is 164 Å². The lowest BCUT2D eigenvalue weighted by Gasteiger charge is -2.40. The van der Waals surface area contributed by atoms with Gasteiger partial charge in [0.05, 0.1) is 6.42 Å². The molecule has 3 rings (SSSR count). The summed E-state index contributed by atoms with van der Waals surface area (Å²) < 4.78 is 40.7. The van der Waals surface area contributed by atoms with Crippen molar-refractivity contribution in [2.24, 2.45) is 0 Å². The molecule has 0 aromatic carbocycles. The first-order chi connectivity index (χ1) is 13.1. The van der Waals surface area contributed by atoms with Gasteiger partial charge in [0.25, 0.3) is 0 Å². The van der Waals surface area contributed by atoms with Crippen molar-refractivity contribution in [1.29, 1.82) is 0 Å². The summed E-state index contributed by atoms with van der Waals surface area (Å²) in [5, 5.41) is 14.0. The Morgan fingerprint density at radius 2 is 2.04 bits per heavy atom. The van der Waals surface area contributed by atoms with E-state index in [1.54, 1.807) is 4.90 Å². The molecular formula is C17H23F3N4O3S. The van der Waals surface area contributed by atoms with Gasteiger partial charge in [-0.05, 0) is 26.2 Å². The molecule has 0 bridgehead atoms. The molecule has 3 amide bonds. The number of carbonyl (C=O) groups is 2. The van der Waals surface area contributed by atoms with Crippen molar-refractivity contribution in [1.82, 2.24) is 20.1 Å². The maximum atomic E-state index is 13.6. The summed E-state index contributed by atoms with van der Waals surface area (Å²) in [6.45, 7) is 3.30. The average Bonchev–Trinajstić information content (AvgIpc) is 3.08. The first-order valence-electron chi connectivity index (χ1n) is 9.16. The summed E-state index contributed by atoms with van der Waals surface area (Å²) in [5.74, 6) is -0.769. The van der Waals surface area contributed by atoms with E-state index >= 15 is 0 Å². The van der Waals surface area contributed by atoms with Crippen molar-refractivity contribution in [2.45, 2.75) is 50.4 Å². The molecule has 2 saturated heterocycles. The number of urea groups is 1. The Morgan fingerprint density at radius 1 is 1.36 bits per heavy atom. The molecule has 0 aliphatic carbocycles. The van der Waals surface area contributed by atoms with Gasteiger partial charge >= 0.3 is 12.2 Å². The largest absolute Gasteiger partial charge is 0.424 e. The highest BCUT2D eigenvalue weighted by atomic mass is 32.1. The van der Waals surface area contributed by atoms with Crippen LogP contribution in [0.2, 0.25) is 0 Å². The fourth-order valence-corrected chi connectivity index (χ4v) is 4.51. The SMILES string of the molecule is Cc1csc(C(O)(CC(=O)N2CCC(N3CCCNC3=O)CC2)C(F)(F)F)n1. The molecule has 1 atom stereocenters. The van der Waals surface area contributed by atoms with E-state index in [1.807, 2.05) is 0 Å². The number of thiazole rings is 1. The van der Waals surface area contributed by atoms with Crippen molar-refractivity contribution in [3.8, 4) is 0 Å². The molecule has 1 unspecified atom stereocenters. The third-order valence-electron chi connectivity index (χ3n) is 5.22. The summed E-state index contributed by atoms with van der Waals surface area (Å²) in [6, 6.07) is -0.172. The topological polar surface area (TPSA) is 85.8 Å². The van der Waals surface area contributed by atoms with Crippen molar-refractivity contribution >= 4 is 23.3 Å². The number of amides is 3. The van der Waals surface area contributed by atoms with E-state index in [2.05, 4.69) is 10.3 Å². The molecular weight excluding hydrogens is 397 g/mol.